The summed E-state index contributed by atoms with van der Waals surface area (Å²) in [4.78, 5) is 14.6. The predicted octanol–water partition coefficient (Wildman–Crippen LogP) is 2.14. The van der Waals surface area contributed by atoms with Gasteiger partial charge in [-0.3, -0.25) is 4.79 Å². The summed E-state index contributed by atoms with van der Waals surface area (Å²) in [6.07, 6.45) is 0.377. The largest absolute Gasteiger partial charge is 0.423 e. The van der Waals surface area contributed by atoms with Crippen LogP contribution in [0.2, 0.25) is 0 Å². The van der Waals surface area contributed by atoms with Crippen LogP contribution in [-0.4, -0.2) is 40.8 Å². The van der Waals surface area contributed by atoms with Crippen LogP contribution in [0.15, 0.2) is 22.6 Å². The molecule has 2 heterocycles. The lowest BCUT2D eigenvalue weighted by Gasteiger charge is -2.33. The standard InChI is InChI=1S/C17H21N3O3/c1-11-5-4-6-12(2)14(11)9-16(21)20-7-8-22-10-15(20)17-19-18-13(3)23-17/h4-6,15H,7-10H2,1-3H3/t15-/m0/s1. The number of carbonyl (C=O) groups is 1. The smallest absolute Gasteiger partial charge is 0.241 e. The van der Waals surface area contributed by atoms with E-state index in [0.717, 1.165) is 16.7 Å². The fraction of sp³-hybridized carbons (Fsp3) is 0.471. The number of carbonyl (C=O) groups excluding carboxylic acids is 1. The Morgan fingerprint density at radius 1 is 1.26 bits per heavy atom. The van der Waals surface area contributed by atoms with Crippen LogP contribution >= 0.6 is 0 Å². The maximum absolute atomic E-state index is 12.8. The van der Waals surface area contributed by atoms with E-state index >= 15 is 0 Å². The van der Waals surface area contributed by atoms with Crippen LogP contribution in [0.25, 0.3) is 0 Å². The molecule has 2 aromatic rings. The molecule has 1 fully saturated rings. The Hall–Kier alpha value is -2.21. The highest BCUT2D eigenvalue weighted by molar-refractivity contribution is 5.80. The molecule has 0 bridgehead atoms. The monoisotopic (exact) mass is 315 g/mol. The minimum Gasteiger partial charge on any atom is -0.423 e. The first-order valence-electron chi connectivity index (χ1n) is 7.78. The minimum absolute atomic E-state index is 0.0616. The molecule has 0 unspecified atom stereocenters. The van der Waals surface area contributed by atoms with E-state index in [1.54, 1.807) is 11.8 Å². The average molecular weight is 315 g/mol. The Balaban J connectivity index is 1.82. The van der Waals surface area contributed by atoms with Crippen molar-refractivity contribution in [2.24, 2.45) is 0 Å². The van der Waals surface area contributed by atoms with Gasteiger partial charge in [0.15, 0.2) is 0 Å². The van der Waals surface area contributed by atoms with Crippen LogP contribution in [0, 0.1) is 20.8 Å². The zero-order chi connectivity index (χ0) is 16.4. The Morgan fingerprint density at radius 3 is 2.65 bits per heavy atom. The van der Waals surface area contributed by atoms with Crippen molar-refractivity contribution in [2.75, 3.05) is 19.8 Å². The van der Waals surface area contributed by atoms with E-state index in [0.29, 0.717) is 38.0 Å². The van der Waals surface area contributed by atoms with Crippen LogP contribution in [0.3, 0.4) is 0 Å². The summed E-state index contributed by atoms with van der Waals surface area (Å²) in [5.74, 6) is 0.997. The van der Waals surface area contributed by atoms with Gasteiger partial charge in [-0.15, -0.1) is 10.2 Å². The number of benzene rings is 1. The number of amides is 1. The molecule has 3 rings (SSSR count). The van der Waals surface area contributed by atoms with Crippen LogP contribution in [0.4, 0.5) is 0 Å². The van der Waals surface area contributed by atoms with E-state index in [1.807, 2.05) is 32.0 Å². The highest BCUT2D eigenvalue weighted by Crippen LogP contribution is 2.25. The van der Waals surface area contributed by atoms with Gasteiger partial charge in [-0.1, -0.05) is 18.2 Å². The third-order valence-electron chi connectivity index (χ3n) is 4.25. The molecule has 1 amide bonds. The first-order valence-corrected chi connectivity index (χ1v) is 7.78. The molecule has 1 aromatic carbocycles. The van der Waals surface area contributed by atoms with E-state index < -0.39 is 0 Å². The van der Waals surface area contributed by atoms with Crippen molar-refractivity contribution in [3.05, 3.63) is 46.7 Å². The van der Waals surface area contributed by atoms with Gasteiger partial charge in [-0.05, 0) is 30.5 Å². The van der Waals surface area contributed by atoms with Crippen molar-refractivity contribution >= 4 is 5.91 Å². The summed E-state index contributed by atoms with van der Waals surface area (Å²) in [5.41, 5.74) is 3.36. The van der Waals surface area contributed by atoms with Crippen molar-refractivity contribution in [2.45, 2.75) is 33.2 Å². The molecule has 1 atom stereocenters. The van der Waals surface area contributed by atoms with Gasteiger partial charge >= 0.3 is 0 Å². The van der Waals surface area contributed by atoms with Gasteiger partial charge in [0, 0.05) is 13.5 Å². The van der Waals surface area contributed by atoms with Gasteiger partial charge in [-0.25, -0.2) is 0 Å². The van der Waals surface area contributed by atoms with Crippen molar-refractivity contribution < 1.29 is 13.9 Å². The summed E-state index contributed by atoms with van der Waals surface area (Å²) in [7, 11) is 0. The summed E-state index contributed by atoms with van der Waals surface area (Å²) < 4.78 is 11.0. The highest BCUT2D eigenvalue weighted by atomic mass is 16.5. The van der Waals surface area contributed by atoms with Gasteiger partial charge in [0.25, 0.3) is 0 Å². The number of hydrogen-bond acceptors (Lipinski definition) is 5. The maximum atomic E-state index is 12.8. The molecule has 23 heavy (non-hydrogen) atoms. The zero-order valence-electron chi connectivity index (χ0n) is 13.7. The zero-order valence-corrected chi connectivity index (χ0v) is 13.7. The van der Waals surface area contributed by atoms with Crippen molar-refractivity contribution in [3.8, 4) is 0 Å². The van der Waals surface area contributed by atoms with E-state index in [2.05, 4.69) is 10.2 Å². The van der Waals surface area contributed by atoms with E-state index in [4.69, 9.17) is 9.15 Å². The molecular weight excluding hydrogens is 294 g/mol. The predicted molar refractivity (Wildman–Crippen MR) is 83.9 cm³/mol. The molecular formula is C17H21N3O3. The first kappa shape index (κ1) is 15.7. The number of aromatic nitrogens is 2. The number of aryl methyl sites for hydroxylation is 3. The number of nitrogens with zero attached hydrogens (tertiary/aromatic N) is 3. The fourth-order valence-corrected chi connectivity index (χ4v) is 2.93. The van der Waals surface area contributed by atoms with E-state index in [9.17, 15) is 4.79 Å². The lowest BCUT2D eigenvalue weighted by molar-refractivity contribution is -0.140. The summed E-state index contributed by atoms with van der Waals surface area (Å²) in [6.45, 7) is 7.27. The van der Waals surface area contributed by atoms with Crippen LogP contribution in [-0.2, 0) is 16.0 Å². The van der Waals surface area contributed by atoms with E-state index in [1.165, 1.54) is 0 Å². The van der Waals surface area contributed by atoms with Crippen molar-refractivity contribution in [3.63, 3.8) is 0 Å². The Kier molecular flexibility index (Phi) is 4.43. The molecule has 1 aliphatic heterocycles. The lowest BCUT2D eigenvalue weighted by atomic mass is 9.99. The summed E-state index contributed by atoms with van der Waals surface area (Å²) in [5, 5.41) is 7.91. The Labute approximate surface area is 135 Å². The number of morpholine rings is 1. The number of rotatable bonds is 3. The molecule has 122 valence electrons. The van der Waals surface area contributed by atoms with Gasteiger partial charge in [0.2, 0.25) is 17.7 Å². The fourth-order valence-electron chi connectivity index (χ4n) is 2.93. The quantitative estimate of drug-likeness (QED) is 0.868. The second-order valence-corrected chi connectivity index (χ2v) is 5.88. The molecule has 1 aromatic heterocycles. The second-order valence-electron chi connectivity index (χ2n) is 5.88. The van der Waals surface area contributed by atoms with Gasteiger partial charge in [0.1, 0.15) is 6.04 Å². The lowest BCUT2D eigenvalue weighted by Crippen LogP contribution is -2.44. The van der Waals surface area contributed by atoms with Gasteiger partial charge in [0.05, 0.1) is 19.6 Å². The maximum Gasteiger partial charge on any atom is 0.241 e. The Morgan fingerprint density at radius 2 is 2.00 bits per heavy atom. The van der Waals surface area contributed by atoms with Crippen molar-refractivity contribution in [1.82, 2.24) is 15.1 Å². The SMILES string of the molecule is Cc1nnc([C@@H]2COCCN2C(=O)Cc2c(C)cccc2C)o1. The summed E-state index contributed by atoms with van der Waals surface area (Å²) in [6, 6.07) is 5.78. The number of ether oxygens (including phenoxy) is 1. The van der Waals surface area contributed by atoms with Crippen LogP contribution < -0.4 is 0 Å². The molecule has 0 spiro atoms. The first-order chi connectivity index (χ1) is 11.1. The third kappa shape index (κ3) is 3.27. The molecule has 6 nitrogen and oxygen atoms in total. The van der Waals surface area contributed by atoms with E-state index in [-0.39, 0.29) is 11.9 Å². The third-order valence-corrected chi connectivity index (χ3v) is 4.25. The normalized spacial score (nSPS) is 18.2. The summed E-state index contributed by atoms with van der Waals surface area (Å²) >= 11 is 0. The molecule has 1 saturated heterocycles. The molecule has 6 heteroatoms. The molecule has 1 aliphatic rings. The minimum atomic E-state index is -0.304. The highest BCUT2D eigenvalue weighted by Gasteiger charge is 2.32. The Bertz CT molecular complexity index is 691. The van der Waals surface area contributed by atoms with Gasteiger partial charge in [-0.2, -0.15) is 0 Å². The topological polar surface area (TPSA) is 68.5 Å². The second kappa shape index (κ2) is 6.50. The average Bonchev–Trinajstić information content (AvgIpc) is 2.97. The van der Waals surface area contributed by atoms with Crippen LogP contribution in [0.5, 0.6) is 0 Å². The van der Waals surface area contributed by atoms with Gasteiger partial charge < -0.3 is 14.1 Å². The molecule has 0 saturated carbocycles. The van der Waals surface area contributed by atoms with Crippen LogP contribution in [0.1, 0.15) is 34.5 Å². The number of hydrogen-bond donors (Lipinski definition) is 0. The molecule has 0 aliphatic carbocycles. The molecule has 0 radical (unpaired) electrons. The molecule has 0 N–H and O–H groups in total. The van der Waals surface area contributed by atoms with Crippen molar-refractivity contribution in [1.29, 1.82) is 0 Å².